The first kappa shape index (κ1) is 83.1. The number of halogens is 4. The number of hydrogen-bond donors (Lipinski definition) is 4. The Morgan fingerprint density at radius 2 is 0.526 bits per heavy atom. The number of carbonyl (C=O) groups is 4. The highest BCUT2D eigenvalue weighted by Gasteiger charge is 2.66. The van der Waals surface area contributed by atoms with Crippen molar-refractivity contribution in [3.8, 4) is 0 Å². The van der Waals surface area contributed by atoms with Gasteiger partial charge < -0.3 is 20.4 Å². The summed E-state index contributed by atoms with van der Waals surface area (Å²) in [4.78, 5) is 55.4. The maximum absolute atomic E-state index is 15.3. The second-order valence-corrected chi connectivity index (χ2v) is 43.9. The Kier molecular flexibility index (Phi) is 22.6. The highest BCUT2D eigenvalue weighted by atomic mass is 19.1. The zero-order chi connectivity index (χ0) is 81.6. The molecule has 0 saturated heterocycles. The van der Waals surface area contributed by atoms with Gasteiger partial charge in [0.25, 0.3) is 0 Å². The summed E-state index contributed by atoms with van der Waals surface area (Å²) in [7, 11) is 0. The summed E-state index contributed by atoms with van der Waals surface area (Å²) in [6.45, 7) is 17.8. The van der Waals surface area contributed by atoms with E-state index in [-0.39, 0.29) is 105 Å². The number of hydrogen-bond acceptors (Lipinski definition) is 16. The number of fused-ring (bicyclic) bond motifs is 20. The molecule has 20 rings (SSSR count). The molecule has 20 nitrogen and oxygen atoms in total. The van der Waals surface area contributed by atoms with E-state index in [0.29, 0.717) is 159 Å². The Labute approximate surface area is 684 Å². The number of rotatable bonds is 12. The molecule has 116 heavy (non-hydrogen) atoms. The number of alkyl halides is 4. The Morgan fingerprint density at radius 1 is 0.302 bits per heavy atom. The van der Waals surface area contributed by atoms with E-state index in [0.717, 1.165) is 154 Å². The van der Waals surface area contributed by atoms with Crippen LogP contribution < -0.4 is 0 Å². The Hall–Kier alpha value is -5.20. The van der Waals surface area contributed by atoms with Crippen molar-refractivity contribution in [3.05, 3.63) is 49.6 Å². The number of nitrogens with zero attached hydrogens (tertiary/aromatic N) is 12. The third-order valence-corrected chi connectivity index (χ3v) is 37.6. The minimum Gasteiger partial charge on any atom is -0.390 e. The minimum absolute atomic E-state index is 0.00838. The van der Waals surface area contributed by atoms with Gasteiger partial charge in [0.05, 0.1) is 59.6 Å². The molecule has 16 aliphatic carbocycles. The molecule has 640 valence electrons. The van der Waals surface area contributed by atoms with Gasteiger partial charge >= 0.3 is 0 Å². The fourth-order valence-electron chi connectivity index (χ4n) is 32.5. The summed E-state index contributed by atoms with van der Waals surface area (Å²) < 4.78 is 64.6. The summed E-state index contributed by atoms with van der Waals surface area (Å²) in [5.41, 5.74) is -2.85. The molecular weight excluding hydrogens is 1480 g/mol. The standard InChI is InChI=1S/4C23H34FN3O2/c2*1-22(29)7-5-15-14-6-8-23(2)18(16(14)11-20(24)17(15)12-22)3-4-19(23)21(28)13-27-10-9-25-26-27;2*1-22(29)7-5-15-14-6-8-23(2)18(16(14)11-20(24)17(15)12-22)3-4-19(23)21(28)13-27-25-9-10-26-27/h4*9-10,14-20,29H,3-8,11-13H2,1-2H3/t14-,15-,16-,17+,18+,19-,20-,22-,23+;14-,15-,16-,17-,18+,19-,20-,22-,23+;14-,15-,16-,17+,18+,19-,20-,22-,23+;14-,15-,16-,17-,18+,19-,20-,22-,23+/m1111/s1. The first-order valence-corrected chi connectivity index (χ1v) is 46.1. The summed E-state index contributed by atoms with van der Waals surface area (Å²) >= 11 is 0. The molecule has 36 atom stereocenters. The van der Waals surface area contributed by atoms with Crippen molar-refractivity contribution in [2.75, 3.05) is 0 Å². The molecular formula is C92H136F4N12O8. The summed E-state index contributed by atoms with van der Waals surface area (Å²) in [5.74, 6) is 8.64. The van der Waals surface area contributed by atoms with Crippen LogP contribution in [0.1, 0.15) is 261 Å². The van der Waals surface area contributed by atoms with Crippen LogP contribution in [0, 0.1) is 164 Å². The van der Waals surface area contributed by atoms with Crippen molar-refractivity contribution >= 4 is 23.1 Å². The van der Waals surface area contributed by atoms with Crippen LogP contribution >= 0.6 is 0 Å². The SMILES string of the molecule is C[C@@]1(O)CC[C@@H]2[C@H]3CC[C@]4(C)[C@@H](C(=O)Cn5ccnn5)CC[C@H]4[C@@H]3C[C@@H](F)[C@@H]2C1.C[C@@]1(O)CC[C@@H]2[C@H]3CC[C@]4(C)[C@@H](C(=O)Cn5ccnn5)CC[C@H]4[C@@H]3C[C@@H](F)[C@H]2C1.C[C@@]1(O)CC[C@@H]2[C@H]3CC[C@]4(C)[C@@H](C(=O)Cn5nccn5)CC[C@H]4[C@@H]3C[C@@H](F)[C@@H]2C1.C[C@@]1(O)CC[C@@H]2[C@H]3CC[C@]4(C)[C@@H](C(=O)Cn5nccn5)CC[C@H]4[C@@H]3C[C@@H](F)[C@H]2C1. The van der Waals surface area contributed by atoms with Gasteiger partial charge in [-0.25, -0.2) is 26.9 Å². The van der Waals surface area contributed by atoms with E-state index < -0.39 is 47.1 Å². The third kappa shape index (κ3) is 15.4. The van der Waals surface area contributed by atoms with Crippen LogP contribution in [0.5, 0.6) is 0 Å². The van der Waals surface area contributed by atoms with E-state index in [1.807, 2.05) is 27.7 Å². The van der Waals surface area contributed by atoms with Crippen LogP contribution in [0.25, 0.3) is 0 Å². The lowest BCUT2D eigenvalue weighted by atomic mass is 9.48. The quantitative estimate of drug-likeness (QED) is 0.0960. The Balaban J connectivity index is 0.000000111. The zero-order valence-corrected chi connectivity index (χ0v) is 70.5. The third-order valence-electron chi connectivity index (χ3n) is 37.6. The van der Waals surface area contributed by atoms with Gasteiger partial charge in [-0.2, -0.15) is 30.0 Å². The molecule has 0 unspecified atom stereocenters. The van der Waals surface area contributed by atoms with E-state index in [4.69, 9.17) is 0 Å². The molecule has 0 amide bonds. The highest BCUT2D eigenvalue weighted by molar-refractivity contribution is 5.83. The van der Waals surface area contributed by atoms with Crippen LogP contribution in [0.2, 0.25) is 0 Å². The van der Waals surface area contributed by atoms with Gasteiger partial charge in [-0.15, -0.1) is 10.2 Å². The number of aliphatic hydroxyl groups is 4. The molecule has 0 bridgehead atoms. The summed E-state index contributed by atoms with van der Waals surface area (Å²) in [6, 6.07) is 0. The molecule has 16 saturated carbocycles. The fraction of sp³-hybridized carbons (Fsp3) is 0.870. The van der Waals surface area contributed by atoms with Crippen LogP contribution in [-0.4, -0.2) is 151 Å². The molecule has 0 spiro atoms. The molecule has 0 aromatic carbocycles. The van der Waals surface area contributed by atoms with Crippen molar-refractivity contribution in [1.29, 1.82) is 0 Å². The molecule has 24 heteroatoms. The second-order valence-electron chi connectivity index (χ2n) is 43.9. The van der Waals surface area contributed by atoms with Gasteiger partial charge in [-0.05, 0) is 373 Å². The van der Waals surface area contributed by atoms with Crippen LogP contribution in [0.3, 0.4) is 0 Å². The van der Waals surface area contributed by atoms with Crippen molar-refractivity contribution in [2.45, 2.75) is 334 Å². The van der Waals surface area contributed by atoms with Gasteiger partial charge in [-0.1, -0.05) is 38.1 Å². The van der Waals surface area contributed by atoms with Crippen molar-refractivity contribution < 1.29 is 57.2 Å². The van der Waals surface area contributed by atoms with Gasteiger partial charge in [-0.3, -0.25) is 19.2 Å². The number of Topliss-reactive ketones (excluding diaryl/α,β-unsaturated/α-hetero) is 4. The Morgan fingerprint density at radius 3 is 0.759 bits per heavy atom. The van der Waals surface area contributed by atoms with E-state index in [1.54, 1.807) is 58.9 Å². The average Bonchev–Trinajstić information content (AvgIpc) is 1.50. The smallest absolute Gasteiger partial charge is 0.159 e. The monoisotopic (exact) mass is 1610 g/mol. The number of ketones is 4. The lowest BCUT2D eigenvalue weighted by Crippen LogP contribution is -2.54. The molecule has 0 aliphatic heterocycles. The largest absolute Gasteiger partial charge is 0.390 e. The molecule has 16 aliphatic rings. The van der Waals surface area contributed by atoms with E-state index in [2.05, 4.69) is 68.7 Å². The average molecular weight is 1610 g/mol. The lowest BCUT2D eigenvalue weighted by molar-refractivity contribution is -0.139. The second kappa shape index (κ2) is 31.6. The molecule has 16 fully saturated rings. The topological polar surface area (TPSA) is 272 Å². The maximum Gasteiger partial charge on any atom is 0.159 e. The predicted molar refractivity (Wildman–Crippen MR) is 426 cm³/mol. The lowest BCUT2D eigenvalue weighted by Gasteiger charge is -2.57. The van der Waals surface area contributed by atoms with E-state index in [9.17, 15) is 39.6 Å². The van der Waals surface area contributed by atoms with Crippen LogP contribution in [0.15, 0.2) is 49.6 Å². The molecule has 4 heterocycles. The van der Waals surface area contributed by atoms with Crippen molar-refractivity contribution in [2.24, 2.45) is 164 Å². The zero-order valence-electron chi connectivity index (χ0n) is 70.5. The first-order chi connectivity index (χ1) is 55.1. The minimum atomic E-state index is -0.807. The van der Waals surface area contributed by atoms with Crippen molar-refractivity contribution in [3.63, 3.8) is 0 Å². The Bertz CT molecular complexity index is 3580. The van der Waals surface area contributed by atoms with Gasteiger partial charge in [0.15, 0.2) is 23.1 Å². The molecule has 4 aromatic heterocycles. The van der Waals surface area contributed by atoms with Gasteiger partial charge in [0.1, 0.15) is 50.9 Å². The van der Waals surface area contributed by atoms with Gasteiger partial charge in [0, 0.05) is 36.1 Å². The number of aromatic nitrogens is 12. The first-order valence-electron chi connectivity index (χ1n) is 46.1. The van der Waals surface area contributed by atoms with E-state index in [1.165, 1.54) is 9.59 Å². The molecule has 4 N–H and O–H groups in total. The van der Waals surface area contributed by atoms with Crippen LogP contribution in [-0.2, 0) is 45.4 Å². The fourth-order valence-corrected chi connectivity index (χ4v) is 32.5. The normalized spacial score (nSPS) is 49.2. The van der Waals surface area contributed by atoms with Gasteiger partial charge in [0.2, 0.25) is 0 Å². The highest BCUT2D eigenvalue weighted by Crippen LogP contribution is 2.71. The summed E-state index contributed by atoms with van der Waals surface area (Å²) in [5, 5.41) is 74.0. The number of carbonyl (C=O) groups excluding carboxylic acids is 4. The van der Waals surface area contributed by atoms with E-state index >= 15 is 17.6 Å². The summed E-state index contributed by atoms with van der Waals surface area (Å²) in [6.07, 6.45) is 38.5. The predicted octanol–water partition coefficient (Wildman–Crippen LogP) is 15.3. The van der Waals surface area contributed by atoms with Crippen molar-refractivity contribution in [1.82, 2.24) is 60.0 Å². The maximum atomic E-state index is 15.3. The molecule has 4 aromatic rings. The molecule has 0 radical (unpaired) electrons. The van der Waals surface area contributed by atoms with Crippen LogP contribution in [0.4, 0.5) is 17.6 Å².